The summed E-state index contributed by atoms with van der Waals surface area (Å²) in [5.41, 5.74) is 0. The molecule has 1 N–H and O–H groups in total. The molecule has 2 aliphatic heterocycles. The maximum atomic E-state index is 12.3. The van der Waals surface area contributed by atoms with Gasteiger partial charge in [0.25, 0.3) is 0 Å². The molecule has 0 aromatic carbocycles. The molecule has 116 valence electrons. The van der Waals surface area contributed by atoms with Crippen LogP contribution in [0.3, 0.4) is 0 Å². The topological polar surface area (TPSA) is 38.8 Å². The molecule has 1 amide bonds. The van der Waals surface area contributed by atoms with Gasteiger partial charge in [-0.05, 0) is 45.4 Å². The Balaban J connectivity index is 1.73. The van der Waals surface area contributed by atoms with Gasteiger partial charge in [0.2, 0.25) is 5.91 Å². The van der Waals surface area contributed by atoms with Crippen LogP contribution in [0.25, 0.3) is 0 Å². The SMILES string of the molecule is CCNCC1CCCN(CC(=O)N2CCN(C)CC2)C1. The fourth-order valence-electron chi connectivity index (χ4n) is 3.16. The standard InChI is InChI=1S/C15H30N4O/c1-3-16-11-14-5-4-6-18(12-14)13-15(20)19-9-7-17(2)8-10-19/h14,16H,3-13H2,1-2H3. The second kappa shape index (κ2) is 7.96. The Morgan fingerprint density at radius 2 is 1.95 bits per heavy atom. The molecule has 0 radical (unpaired) electrons. The molecule has 0 aliphatic carbocycles. The van der Waals surface area contributed by atoms with Gasteiger partial charge in [0, 0.05) is 32.7 Å². The Kier molecular flexibility index (Phi) is 6.26. The number of likely N-dealkylation sites (tertiary alicyclic amines) is 1. The molecule has 1 unspecified atom stereocenters. The summed E-state index contributed by atoms with van der Waals surface area (Å²) in [7, 11) is 2.12. The van der Waals surface area contributed by atoms with Crippen LogP contribution >= 0.6 is 0 Å². The molecule has 2 fully saturated rings. The first-order chi connectivity index (χ1) is 9.69. The fraction of sp³-hybridized carbons (Fsp3) is 0.933. The lowest BCUT2D eigenvalue weighted by molar-refractivity contribution is -0.134. The second-order valence-corrected chi connectivity index (χ2v) is 6.24. The van der Waals surface area contributed by atoms with Crippen molar-refractivity contribution >= 4 is 5.91 Å². The van der Waals surface area contributed by atoms with Crippen LogP contribution in [0.5, 0.6) is 0 Å². The zero-order valence-corrected chi connectivity index (χ0v) is 13.1. The van der Waals surface area contributed by atoms with Gasteiger partial charge >= 0.3 is 0 Å². The molecular formula is C15H30N4O. The van der Waals surface area contributed by atoms with E-state index in [0.717, 1.165) is 52.4 Å². The van der Waals surface area contributed by atoms with Gasteiger partial charge in [-0.3, -0.25) is 9.69 Å². The Hall–Kier alpha value is -0.650. The average Bonchev–Trinajstić information content (AvgIpc) is 2.46. The quantitative estimate of drug-likeness (QED) is 0.775. The first-order valence-corrected chi connectivity index (χ1v) is 8.08. The molecule has 2 aliphatic rings. The van der Waals surface area contributed by atoms with Crippen molar-refractivity contribution in [3.05, 3.63) is 0 Å². The molecule has 0 aromatic heterocycles. The smallest absolute Gasteiger partial charge is 0.236 e. The van der Waals surface area contributed by atoms with Crippen LogP contribution in [-0.2, 0) is 4.79 Å². The molecule has 5 heteroatoms. The first-order valence-electron chi connectivity index (χ1n) is 8.08. The number of likely N-dealkylation sites (N-methyl/N-ethyl adjacent to an activating group) is 1. The summed E-state index contributed by atoms with van der Waals surface area (Å²) < 4.78 is 0. The highest BCUT2D eigenvalue weighted by atomic mass is 16.2. The van der Waals surface area contributed by atoms with Crippen LogP contribution in [0.2, 0.25) is 0 Å². The maximum Gasteiger partial charge on any atom is 0.236 e. The zero-order valence-electron chi connectivity index (χ0n) is 13.1. The van der Waals surface area contributed by atoms with Crippen molar-refractivity contribution in [2.45, 2.75) is 19.8 Å². The second-order valence-electron chi connectivity index (χ2n) is 6.24. The van der Waals surface area contributed by atoms with E-state index in [1.165, 1.54) is 12.8 Å². The minimum absolute atomic E-state index is 0.321. The molecular weight excluding hydrogens is 252 g/mol. The molecule has 1 atom stereocenters. The number of amides is 1. The summed E-state index contributed by atoms with van der Waals surface area (Å²) in [6, 6.07) is 0. The Bertz CT molecular complexity index is 302. The van der Waals surface area contributed by atoms with Crippen LogP contribution in [0, 0.1) is 5.92 Å². The number of piperazine rings is 1. The lowest BCUT2D eigenvalue weighted by Crippen LogP contribution is -2.51. The summed E-state index contributed by atoms with van der Waals surface area (Å²) >= 11 is 0. The largest absolute Gasteiger partial charge is 0.339 e. The summed E-state index contributed by atoms with van der Waals surface area (Å²) in [6.45, 7) is 10.9. The Labute approximate surface area is 123 Å². The van der Waals surface area contributed by atoms with E-state index in [1.54, 1.807) is 0 Å². The molecule has 0 aromatic rings. The minimum Gasteiger partial charge on any atom is -0.339 e. The summed E-state index contributed by atoms with van der Waals surface area (Å²) in [5.74, 6) is 1.03. The maximum absolute atomic E-state index is 12.3. The molecule has 2 heterocycles. The van der Waals surface area contributed by atoms with Gasteiger partial charge in [-0.25, -0.2) is 0 Å². The van der Waals surface area contributed by atoms with E-state index in [-0.39, 0.29) is 0 Å². The van der Waals surface area contributed by atoms with Crippen molar-refractivity contribution in [2.75, 3.05) is 66.0 Å². The van der Waals surface area contributed by atoms with Crippen molar-refractivity contribution in [3.63, 3.8) is 0 Å². The van der Waals surface area contributed by atoms with Crippen molar-refractivity contribution in [2.24, 2.45) is 5.92 Å². The van der Waals surface area contributed by atoms with Gasteiger partial charge in [0.15, 0.2) is 0 Å². The third-order valence-electron chi connectivity index (χ3n) is 4.50. The van der Waals surface area contributed by atoms with Crippen LogP contribution in [0.15, 0.2) is 0 Å². The van der Waals surface area contributed by atoms with E-state index in [4.69, 9.17) is 0 Å². The number of carbonyl (C=O) groups is 1. The van der Waals surface area contributed by atoms with Crippen molar-refractivity contribution < 1.29 is 4.79 Å². The van der Waals surface area contributed by atoms with Crippen molar-refractivity contribution in [3.8, 4) is 0 Å². The molecule has 0 bridgehead atoms. The number of carbonyl (C=O) groups excluding carboxylic acids is 1. The van der Waals surface area contributed by atoms with Crippen molar-refractivity contribution in [1.82, 2.24) is 20.0 Å². The monoisotopic (exact) mass is 282 g/mol. The number of piperidine rings is 1. The van der Waals surface area contributed by atoms with Crippen LogP contribution in [0.4, 0.5) is 0 Å². The van der Waals surface area contributed by atoms with Gasteiger partial charge in [-0.1, -0.05) is 6.92 Å². The highest BCUT2D eigenvalue weighted by molar-refractivity contribution is 5.78. The highest BCUT2D eigenvalue weighted by Crippen LogP contribution is 2.16. The molecule has 0 saturated carbocycles. The van der Waals surface area contributed by atoms with Gasteiger partial charge in [-0.15, -0.1) is 0 Å². The highest BCUT2D eigenvalue weighted by Gasteiger charge is 2.24. The number of nitrogens with one attached hydrogen (secondary N) is 1. The van der Waals surface area contributed by atoms with E-state index >= 15 is 0 Å². The molecule has 5 nitrogen and oxygen atoms in total. The summed E-state index contributed by atoms with van der Waals surface area (Å²) in [5, 5.41) is 3.43. The number of hydrogen-bond acceptors (Lipinski definition) is 4. The Morgan fingerprint density at radius 1 is 1.20 bits per heavy atom. The van der Waals surface area contributed by atoms with E-state index in [1.807, 2.05) is 4.90 Å². The first kappa shape index (κ1) is 15.7. The predicted octanol–water partition coefficient (Wildman–Crippen LogP) is 0.0819. The van der Waals surface area contributed by atoms with Crippen LogP contribution in [-0.4, -0.2) is 86.6 Å². The van der Waals surface area contributed by atoms with Gasteiger partial charge in [-0.2, -0.15) is 0 Å². The van der Waals surface area contributed by atoms with E-state index < -0.39 is 0 Å². The van der Waals surface area contributed by atoms with E-state index in [0.29, 0.717) is 18.4 Å². The number of rotatable bonds is 5. The lowest BCUT2D eigenvalue weighted by atomic mass is 9.98. The normalized spacial score (nSPS) is 25.9. The third-order valence-corrected chi connectivity index (χ3v) is 4.50. The number of hydrogen-bond donors (Lipinski definition) is 1. The molecule has 20 heavy (non-hydrogen) atoms. The summed E-state index contributed by atoms with van der Waals surface area (Å²) in [4.78, 5) is 19.0. The third kappa shape index (κ3) is 4.72. The molecule has 2 rings (SSSR count). The van der Waals surface area contributed by atoms with Crippen LogP contribution < -0.4 is 5.32 Å². The average molecular weight is 282 g/mol. The van der Waals surface area contributed by atoms with Gasteiger partial charge in [0.1, 0.15) is 0 Å². The van der Waals surface area contributed by atoms with Crippen LogP contribution in [0.1, 0.15) is 19.8 Å². The van der Waals surface area contributed by atoms with Gasteiger partial charge in [0.05, 0.1) is 6.54 Å². The molecule has 2 saturated heterocycles. The van der Waals surface area contributed by atoms with E-state index in [9.17, 15) is 4.79 Å². The summed E-state index contributed by atoms with van der Waals surface area (Å²) in [6.07, 6.45) is 2.53. The lowest BCUT2D eigenvalue weighted by Gasteiger charge is -2.36. The Morgan fingerprint density at radius 3 is 2.65 bits per heavy atom. The van der Waals surface area contributed by atoms with Crippen molar-refractivity contribution in [1.29, 1.82) is 0 Å². The minimum atomic E-state index is 0.321. The fourth-order valence-corrected chi connectivity index (χ4v) is 3.16. The zero-order chi connectivity index (χ0) is 14.4. The predicted molar refractivity (Wildman–Crippen MR) is 81.8 cm³/mol. The van der Waals surface area contributed by atoms with Gasteiger partial charge < -0.3 is 15.1 Å². The number of nitrogens with zero attached hydrogens (tertiary/aromatic N) is 3. The molecule has 0 spiro atoms. The van der Waals surface area contributed by atoms with E-state index in [2.05, 4.69) is 29.1 Å².